The molecule has 3 rings (SSSR count). The Morgan fingerprint density at radius 2 is 1.86 bits per heavy atom. The highest BCUT2D eigenvalue weighted by Gasteiger charge is 2.22. The summed E-state index contributed by atoms with van der Waals surface area (Å²) >= 11 is 0. The smallest absolute Gasteiger partial charge is 0.305 e. The highest BCUT2D eigenvalue weighted by molar-refractivity contribution is 6.03. The predicted octanol–water partition coefficient (Wildman–Crippen LogP) is 4.52. The van der Waals surface area contributed by atoms with Crippen LogP contribution >= 0.6 is 0 Å². The Morgan fingerprint density at radius 3 is 2.52 bits per heavy atom. The summed E-state index contributed by atoms with van der Waals surface area (Å²) in [4.78, 5) is 28.7. The Labute approximate surface area is 170 Å². The van der Waals surface area contributed by atoms with Crippen LogP contribution < -0.4 is 5.32 Å². The molecule has 0 bridgehead atoms. The van der Waals surface area contributed by atoms with E-state index in [4.69, 9.17) is 4.74 Å². The van der Waals surface area contributed by atoms with Crippen molar-refractivity contribution >= 4 is 23.3 Å². The van der Waals surface area contributed by atoms with Gasteiger partial charge >= 0.3 is 5.97 Å². The number of aryl methyl sites for hydroxylation is 1. The molecule has 1 amide bonds. The fraction of sp³-hybridized carbons (Fsp3) is 0.348. The molecule has 0 unspecified atom stereocenters. The van der Waals surface area contributed by atoms with E-state index >= 15 is 0 Å². The largest absolute Gasteiger partial charge is 0.466 e. The van der Waals surface area contributed by atoms with Gasteiger partial charge in [-0.3, -0.25) is 9.59 Å². The Balaban J connectivity index is 1.67. The molecule has 0 saturated carbocycles. The van der Waals surface area contributed by atoms with Crippen LogP contribution in [0.15, 0.2) is 48.7 Å². The molecule has 6 heteroatoms. The number of amides is 1. The Bertz CT molecular complexity index is 1020. The first kappa shape index (κ1) is 20.6. The van der Waals surface area contributed by atoms with Gasteiger partial charge in [0.05, 0.1) is 12.8 Å². The van der Waals surface area contributed by atoms with Crippen LogP contribution in [-0.4, -0.2) is 27.9 Å². The summed E-state index contributed by atoms with van der Waals surface area (Å²) in [5.74, 6) is 0.129. The summed E-state index contributed by atoms with van der Waals surface area (Å²) in [5, 5.41) is 2.86. The number of hydrogen-bond acceptors (Lipinski definition) is 4. The van der Waals surface area contributed by atoms with Crippen LogP contribution in [0.4, 0.5) is 5.82 Å². The van der Waals surface area contributed by atoms with E-state index in [-0.39, 0.29) is 17.3 Å². The summed E-state index contributed by atoms with van der Waals surface area (Å²) in [6.45, 7) is 8.36. The van der Waals surface area contributed by atoms with E-state index in [0.29, 0.717) is 30.8 Å². The highest BCUT2D eigenvalue weighted by Crippen LogP contribution is 2.29. The van der Waals surface area contributed by atoms with Gasteiger partial charge in [-0.2, -0.15) is 0 Å². The number of rotatable bonds is 7. The van der Waals surface area contributed by atoms with E-state index < -0.39 is 0 Å². The quantitative estimate of drug-likeness (QED) is 0.599. The number of benzene rings is 1. The van der Waals surface area contributed by atoms with Crippen LogP contribution in [0, 0.1) is 6.92 Å². The van der Waals surface area contributed by atoms with Gasteiger partial charge < -0.3 is 14.5 Å². The van der Waals surface area contributed by atoms with Gasteiger partial charge in [-0.25, -0.2) is 4.98 Å². The summed E-state index contributed by atoms with van der Waals surface area (Å²) in [5.41, 5.74) is 3.27. The minimum Gasteiger partial charge on any atom is -0.466 e. The van der Waals surface area contributed by atoms with Gasteiger partial charge in [0, 0.05) is 17.7 Å². The van der Waals surface area contributed by atoms with Crippen molar-refractivity contribution in [3.05, 3.63) is 65.5 Å². The molecule has 0 aliphatic heterocycles. The molecule has 2 heterocycles. The van der Waals surface area contributed by atoms with Crippen LogP contribution in [-0.2, 0) is 14.9 Å². The van der Waals surface area contributed by atoms with E-state index in [1.54, 1.807) is 19.1 Å². The first-order chi connectivity index (χ1) is 13.8. The zero-order chi connectivity index (χ0) is 21.0. The first-order valence-electron chi connectivity index (χ1n) is 9.82. The predicted molar refractivity (Wildman–Crippen MR) is 113 cm³/mol. The van der Waals surface area contributed by atoms with E-state index in [1.807, 2.05) is 47.9 Å². The van der Waals surface area contributed by atoms with Crippen LogP contribution in [0.5, 0.6) is 0 Å². The molecule has 6 nitrogen and oxygen atoms in total. The van der Waals surface area contributed by atoms with Gasteiger partial charge in [-0.15, -0.1) is 0 Å². The topological polar surface area (TPSA) is 72.7 Å². The van der Waals surface area contributed by atoms with Crippen LogP contribution in [0.3, 0.4) is 0 Å². The monoisotopic (exact) mass is 393 g/mol. The Hall–Kier alpha value is -3.15. The van der Waals surface area contributed by atoms with E-state index in [0.717, 1.165) is 16.9 Å². The minimum absolute atomic E-state index is 0.181. The average Bonchev–Trinajstić information content (AvgIpc) is 3.11. The van der Waals surface area contributed by atoms with Crippen molar-refractivity contribution in [1.82, 2.24) is 9.38 Å². The zero-order valence-corrected chi connectivity index (χ0v) is 17.4. The molecule has 0 fully saturated rings. The lowest BCUT2D eigenvalue weighted by molar-refractivity contribution is -0.143. The van der Waals surface area contributed by atoms with Crippen molar-refractivity contribution < 1.29 is 14.3 Å². The minimum atomic E-state index is -0.207. The van der Waals surface area contributed by atoms with Crippen molar-refractivity contribution in [2.45, 2.75) is 46.0 Å². The van der Waals surface area contributed by atoms with E-state index in [2.05, 4.69) is 24.1 Å². The van der Waals surface area contributed by atoms with Gasteiger partial charge in [-0.1, -0.05) is 32.0 Å². The van der Waals surface area contributed by atoms with Crippen LogP contribution in [0.2, 0.25) is 0 Å². The normalized spacial score (nSPS) is 11.4. The summed E-state index contributed by atoms with van der Waals surface area (Å²) < 4.78 is 6.95. The number of aromatic nitrogens is 2. The maximum absolute atomic E-state index is 12.6. The summed E-state index contributed by atoms with van der Waals surface area (Å²) in [6.07, 6.45) is 2.86. The number of anilines is 1. The lowest BCUT2D eigenvalue weighted by Gasteiger charge is -2.25. The number of esters is 1. The third kappa shape index (κ3) is 4.83. The lowest BCUT2D eigenvalue weighted by atomic mass is 9.80. The van der Waals surface area contributed by atoms with E-state index in [9.17, 15) is 9.59 Å². The molecule has 3 aromatic rings. The highest BCUT2D eigenvalue weighted by atomic mass is 16.5. The zero-order valence-electron chi connectivity index (χ0n) is 17.4. The van der Waals surface area contributed by atoms with Crippen molar-refractivity contribution in [2.24, 2.45) is 0 Å². The number of ether oxygens (including phenoxy) is 1. The number of nitrogens with one attached hydrogen (secondary N) is 1. The van der Waals surface area contributed by atoms with Crippen molar-refractivity contribution in [3.63, 3.8) is 0 Å². The summed E-state index contributed by atoms with van der Waals surface area (Å²) in [7, 11) is 0. The third-order valence-electron chi connectivity index (χ3n) is 5.13. The van der Waals surface area contributed by atoms with Gasteiger partial charge in [0.2, 0.25) is 0 Å². The second-order valence-electron chi connectivity index (χ2n) is 7.74. The molecule has 0 radical (unpaired) electrons. The van der Waals surface area contributed by atoms with Gasteiger partial charge in [0.15, 0.2) is 5.82 Å². The molecule has 0 spiro atoms. The SMILES string of the molecule is CCOC(=O)CCC(C)(C)c1ccc(C(=O)Nc2cn3c(C)cccc3n2)cc1. The van der Waals surface area contributed by atoms with Crippen molar-refractivity contribution in [3.8, 4) is 0 Å². The lowest BCUT2D eigenvalue weighted by Crippen LogP contribution is -2.20. The molecular weight excluding hydrogens is 366 g/mol. The van der Waals surface area contributed by atoms with Gasteiger partial charge in [-0.05, 0) is 55.5 Å². The first-order valence-corrected chi connectivity index (χ1v) is 9.82. The number of carbonyl (C=O) groups excluding carboxylic acids is 2. The van der Waals surface area contributed by atoms with Gasteiger partial charge in [0.1, 0.15) is 5.65 Å². The third-order valence-corrected chi connectivity index (χ3v) is 5.13. The molecule has 0 atom stereocenters. The molecule has 2 aromatic heterocycles. The number of hydrogen-bond donors (Lipinski definition) is 1. The fourth-order valence-corrected chi connectivity index (χ4v) is 3.26. The van der Waals surface area contributed by atoms with Crippen molar-refractivity contribution in [2.75, 3.05) is 11.9 Å². The van der Waals surface area contributed by atoms with E-state index in [1.165, 1.54) is 0 Å². The van der Waals surface area contributed by atoms with Crippen LogP contribution in [0.1, 0.15) is 55.2 Å². The molecule has 1 N–H and O–H groups in total. The number of carbonyl (C=O) groups is 2. The second kappa shape index (κ2) is 8.47. The number of pyridine rings is 1. The Kier molecular flexibility index (Phi) is 6.01. The second-order valence-corrected chi connectivity index (χ2v) is 7.74. The molecule has 0 saturated heterocycles. The van der Waals surface area contributed by atoms with Crippen molar-refractivity contribution in [1.29, 1.82) is 0 Å². The molecule has 0 aliphatic rings. The van der Waals surface area contributed by atoms with Gasteiger partial charge in [0.25, 0.3) is 5.91 Å². The maximum Gasteiger partial charge on any atom is 0.305 e. The molecule has 29 heavy (non-hydrogen) atoms. The summed E-state index contributed by atoms with van der Waals surface area (Å²) in [6, 6.07) is 13.3. The molecule has 1 aromatic carbocycles. The van der Waals surface area contributed by atoms with Crippen LogP contribution in [0.25, 0.3) is 5.65 Å². The molecular formula is C23H27N3O3. The average molecular weight is 393 g/mol. The fourth-order valence-electron chi connectivity index (χ4n) is 3.26. The standard InChI is InChI=1S/C23H27N3O3/c1-5-29-21(27)13-14-23(3,4)18-11-9-17(10-12-18)22(28)25-19-15-26-16(2)7-6-8-20(26)24-19/h6-12,15H,5,13-14H2,1-4H3,(H,25,28). The molecule has 0 aliphatic carbocycles. The number of imidazole rings is 1. The molecule has 152 valence electrons. The number of fused-ring (bicyclic) bond motifs is 1. The number of nitrogens with zero attached hydrogens (tertiary/aromatic N) is 2. The maximum atomic E-state index is 12.6. The Morgan fingerprint density at radius 1 is 1.14 bits per heavy atom.